The molecule has 7 heteroatoms. The van der Waals surface area contributed by atoms with Gasteiger partial charge in [0.05, 0.1) is 13.7 Å². The summed E-state index contributed by atoms with van der Waals surface area (Å²) in [5.74, 6) is 1.33. The molecule has 2 aliphatic carbocycles. The van der Waals surface area contributed by atoms with Crippen molar-refractivity contribution in [2.45, 2.75) is 32.2 Å². The standard InChI is InChI=1S/C18H29N3O4/c1-4-25-17(23)20-6-5-18(11-20)7-12(8-18)21-9-13-14(10-21)15(13)16(22)19(2)24-3/h12-15H,4-11H2,1-3H3/t12?,13-,14+,15-,18?. The Morgan fingerprint density at radius 2 is 1.92 bits per heavy atom. The number of hydrogen-bond donors (Lipinski definition) is 0. The predicted molar refractivity (Wildman–Crippen MR) is 90.5 cm³/mol. The number of hydroxylamine groups is 2. The molecule has 3 atom stereocenters. The molecule has 2 heterocycles. The molecule has 4 rings (SSSR count). The van der Waals surface area contributed by atoms with Gasteiger partial charge in [-0.3, -0.25) is 14.5 Å². The predicted octanol–water partition coefficient (Wildman–Crippen LogP) is 1.20. The number of fused-ring (bicyclic) bond motifs is 1. The summed E-state index contributed by atoms with van der Waals surface area (Å²) in [5.41, 5.74) is 0.315. The molecule has 0 radical (unpaired) electrons. The number of carbonyl (C=O) groups is 2. The van der Waals surface area contributed by atoms with Crippen molar-refractivity contribution < 1.29 is 19.2 Å². The van der Waals surface area contributed by atoms with Crippen LogP contribution in [0.15, 0.2) is 0 Å². The van der Waals surface area contributed by atoms with Gasteiger partial charge in [-0.05, 0) is 43.4 Å². The maximum absolute atomic E-state index is 12.2. The van der Waals surface area contributed by atoms with Gasteiger partial charge in [0.15, 0.2) is 0 Å². The van der Waals surface area contributed by atoms with Crippen molar-refractivity contribution in [1.29, 1.82) is 0 Å². The van der Waals surface area contributed by atoms with Crippen molar-refractivity contribution in [3.8, 4) is 0 Å². The van der Waals surface area contributed by atoms with E-state index in [9.17, 15) is 9.59 Å². The van der Waals surface area contributed by atoms with Crippen molar-refractivity contribution >= 4 is 12.0 Å². The molecule has 0 unspecified atom stereocenters. The van der Waals surface area contributed by atoms with Gasteiger partial charge >= 0.3 is 6.09 Å². The molecule has 1 spiro atoms. The number of nitrogens with zero attached hydrogens (tertiary/aromatic N) is 3. The van der Waals surface area contributed by atoms with E-state index in [-0.39, 0.29) is 17.9 Å². The number of rotatable bonds is 4. The summed E-state index contributed by atoms with van der Waals surface area (Å²) in [4.78, 5) is 33.6. The molecule has 0 bridgehead atoms. The van der Waals surface area contributed by atoms with E-state index in [0.29, 0.717) is 29.9 Å². The summed E-state index contributed by atoms with van der Waals surface area (Å²) in [6.45, 7) is 6.06. The van der Waals surface area contributed by atoms with Gasteiger partial charge in [-0.15, -0.1) is 0 Å². The van der Waals surface area contributed by atoms with E-state index in [1.807, 2.05) is 11.8 Å². The smallest absolute Gasteiger partial charge is 0.409 e. The first-order valence-corrected chi connectivity index (χ1v) is 9.45. The fourth-order valence-electron chi connectivity index (χ4n) is 5.36. The van der Waals surface area contributed by atoms with E-state index in [2.05, 4.69) is 4.90 Å². The first kappa shape index (κ1) is 17.1. The Balaban J connectivity index is 1.23. The van der Waals surface area contributed by atoms with Crippen molar-refractivity contribution in [3.63, 3.8) is 0 Å². The summed E-state index contributed by atoms with van der Waals surface area (Å²) in [6.07, 6.45) is 3.30. The molecule has 0 aromatic rings. The van der Waals surface area contributed by atoms with Gasteiger partial charge in [-0.2, -0.15) is 0 Å². The average Bonchev–Trinajstić information content (AvgIpc) is 2.94. The Labute approximate surface area is 149 Å². The van der Waals surface area contributed by atoms with E-state index in [4.69, 9.17) is 9.57 Å². The molecular formula is C18H29N3O4. The largest absolute Gasteiger partial charge is 0.450 e. The van der Waals surface area contributed by atoms with Crippen LogP contribution in [-0.2, 0) is 14.4 Å². The lowest BCUT2D eigenvalue weighted by Crippen LogP contribution is -2.52. The number of hydrogen-bond acceptors (Lipinski definition) is 5. The first-order chi connectivity index (χ1) is 12.0. The normalized spacial score (nSPS) is 39.2. The fraction of sp³-hybridized carbons (Fsp3) is 0.889. The van der Waals surface area contributed by atoms with Crippen molar-refractivity contribution in [2.75, 3.05) is 46.9 Å². The van der Waals surface area contributed by atoms with E-state index >= 15 is 0 Å². The van der Waals surface area contributed by atoms with Gasteiger partial charge < -0.3 is 9.64 Å². The second kappa shape index (κ2) is 6.13. The SMILES string of the molecule is CCOC(=O)N1CCC2(CC(N3C[C@@H]4[C@H](C3)[C@@H]4C(=O)N(C)OC)C2)C1. The molecule has 2 aliphatic heterocycles. The number of amides is 2. The topological polar surface area (TPSA) is 62.3 Å². The van der Waals surface area contributed by atoms with Crippen LogP contribution in [0.5, 0.6) is 0 Å². The molecule has 4 fully saturated rings. The zero-order chi connectivity index (χ0) is 17.8. The van der Waals surface area contributed by atoms with Crippen LogP contribution in [0.4, 0.5) is 4.79 Å². The Bertz CT molecular complexity index is 551. The molecule has 7 nitrogen and oxygen atoms in total. The Morgan fingerprint density at radius 1 is 1.24 bits per heavy atom. The first-order valence-electron chi connectivity index (χ1n) is 9.45. The second-order valence-corrected chi connectivity index (χ2v) is 8.26. The molecule has 2 saturated carbocycles. The number of ether oxygens (including phenoxy) is 1. The van der Waals surface area contributed by atoms with Crippen LogP contribution in [0.2, 0.25) is 0 Å². The third-order valence-electron chi connectivity index (χ3n) is 6.91. The highest BCUT2D eigenvalue weighted by atomic mass is 16.7. The molecule has 2 amide bonds. The van der Waals surface area contributed by atoms with Gasteiger partial charge in [0.2, 0.25) is 5.91 Å². The molecule has 140 valence electrons. The Morgan fingerprint density at radius 3 is 2.52 bits per heavy atom. The maximum Gasteiger partial charge on any atom is 0.409 e. The van der Waals surface area contributed by atoms with Gasteiger partial charge in [0, 0.05) is 45.2 Å². The lowest BCUT2D eigenvalue weighted by atomic mass is 9.64. The highest BCUT2D eigenvalue weighted by Gasteiger charge is 2.62. The molecule has 25 heavy (non-hydrogen) atoms. The van der Waals surface area contributed by atoms with E-state index < -0.39 is 0 Å². The monoisotopic (exact) mass is 351 g/mol. The molecule has 0 N–H and O–H groups in total. The van der Waals surface area contributed by atoms with Crippen LogP contribution in [0.3, 0.4) is 0 Å². The number of carbonyl (C=O) groups excluding carboxylic acids is 2. The highest BCUT2D eigenvalue weighted by molar-refractivity contribution is 5.81. The second-order valence-electron chi connectivity index (χ2n) is 8.26. The van der Waals surface area contributed by atoms with E-state index in [1.165, 1.54) is 25.0 Å². The van der Waals surface area contributed by atoms with Crippen LogP contribution < -0.4 is 0 Å². The van der Waals surface area contributed by atoms with Crippen LogP contribution in [0.25, 0.3) is 0 Å². The maximum atomic E-state index is 12.2. The average molecular weight is 351 g/mol. The molecule has 2 saturated heterocycles. The van der Waals surface area contributed by atoms with Gasteiger partial charge in [-0.25, -0.2) is 9.86 Å². The Kier molecular flexibility index (Phi) is 4.19. The van der Waals surface area contributed by atoms with Gasteiger partial charge in [0.25, 0.3) is 0 Å². The lowest BCUT2D eigenvalue weighted by Gasteiger charge is -2.49. The molecule has 4 aliphatic rings. The van der Waals surface area contributed by atoms with Crippen LogP contribution in [0, 0.1) is 23.2 Å². The molecule has 0 aromatic carbocycles. The van der Waals surface area contributed by atoms with Crippen LogP contribution in [0.1, 0.15) is 26.2 Å². The molecule has 0 aromatic heterocycles. The minimum atomic E-state index is -0.158. The highest BCUT2D eigenvalue weighted by Crippen LogP contribution is 2.57. The third-order valence-corrected chi connectivity index (χ3v) is 6.91. The van der Waals surface area contributed by atoms with Gasteiger partial charge in [-0.1, -0.05) is 0 Å². The van der Waals surface area contributed by atoms with E-state index in [1.54, 1.807) is 7.05 Å². The Hall–Kier alpha value is -1.34. The number of likely N-dealkylation sites (tertiary alicyclic amines) is 2. The van der Waals surface area contributed by atoms with Crippen LogP contribution in [-0.4, -0.2) is 79.8 Å². The van der Waals surface area contributed by atoms with Crippen LogP contribution >= 0.6 is 0 Å². The fourth-order valence-corrected chi connectivity index (χ4v) is 5.36. The van der Waals surface area contributed by atoms with Crippen molar-refractivity contribution in [3.05, 3.63) is 0 Å². The zero-order valence-corrected chi connectivity index (χ0v) is 15.4. The zero-order valence-electron chi connectivity index (χ0n) is 15.4. The minimum absolute atomic E-state index is 0.128. The summed E-state index contributed by atoms with van der Waals surface area (Å²) in [7, 11) is 3.23. The third kappa shape index (κ3) is 2.81. The summed E-state index contributed by atoms with van der Waals surface area (Å²) in [5, 5.41) is 1.37. The number of piperidine rings is 1. The molecular weight excluding hydrogens is 322 g/mol. The quantitative estimate of drug-likeness (QED) is 0.712. The lowest BCUT2D eigenvalue weighted by molar-refractivity contribution is -0.171. The van der Waals surface area contributed by atoms with Crippen molar-refractivity contribution in [2.24, 2.45) is 23.2 Å². The van der Waals surface area contributed by atoms with E-state index in [0.717, 1.165) is 32.6 Å². The summed E-state index contributed by atoms with van der Waals surface area (Å²) in [6, 6.07) is 0.630. The summed E-state index contributed by atoms with van der Waals surface area (Å²) < 4.78 is 5.13. The van der Waals surface area contributed by atoms with Gasteiger partial charge in [0.1, 0.15) is 0 Å². The van der Waals surface area contributed by atoms with Crippen molar-refractivity contribution in [1.82, 2.24) is 14.9 Å². The summed E-state index contributed by atoms with van der Waals surface area (Å²) >= 11 is 0. The minimum Gasteiger partial charge on any atom is -0.450 e.